The number of nitrogen functional groups attached to an aromatic ring is 1. The lowest BCUT2D eigenvalue weighted by Crippen LogP contribution is -2.26. The predicted octanol–water partition coefficient (Wildman–Crippen LogP) is 2.80. The lowest BCUT2D eigenvalue weighted by molar-refractivity contribution is 0.0953. The Morgan fingerprint density at radius 1 is 1.24 bits per heavy atom. The van der Waals surface area contributed by atoms with Crippen LogP contribution >= 0.6 is 11.8 Å². The molecule has 0 heterocycles. The monoisotopic (exact) mass is 302 g/mol. The molecule has 2 rings (SSSR count). The Morgan fingerprint density at radius 2 is 2.00 bits per heavy atom. The van der Waals surface area contributed by atoms with Crippen molar-refractivity contribution >= 4 is 23.4 Å². The van der Waals surface area contributed by atoms with Crippen molar-refractivity contribution in [2.45, 2.75) is 4.90 Å². The Kier molecular flexibility index (Phi) is 5.51. The number of carbonyl (C=O) groups is 1. The molecule has 0 radical (unpaired) electrons. The van der Waals surface area contributed by atoms with E-state index in [1.54, 1.807) is 30.0 Å². The first-order chi connectivity index (χ1) is 10.2. The predicted molar refractivity (Wildman–Crippen MR) is 86.9 cm³/mol. The van der Waals surface area contributed by atoms with Crippen molar-refractivity contribution in [2.75, 3.05) is 25.1 Å². The number of rotatable bonds is 6. The van der Waals surface area contributed by atoms with Gasteiger partial charge < -0.3 is 15.8 Å². The van der Waals surface area contributed by atoms with Crippen molar-refractivity contribution in [3.63, 3.8) is 0 Å². The Hall–Kier alpha value is -2.14. The molecular formula is C16H18N2O2S. The summed E-state index contributed by atoms with van der Waals surface area (Å²) in [5.74, 6) is 1.15. The van der Waals surface area contributed by atoms with E-state index >= 15 is 0 Å². The standard InChI is InChI=1S/C16H18N2O2S/c1-20-15-11-12(17)7-8-14(15)16(19)18-9-10-21-13-5-3-2-4-6-13/h2-8,11H,9-10,17H2,1H3,(H,18,19). The number of thioether (sulfide) groups is 1. The van der Waals surface area contributed by atoms with Gasteiger partial charge >= 0.3 is 0 Å². The molecule has 0 bridgehead atoms. The summed E-state index contributed by atoms with van der Waals surface area (Å²) in [6, 6.07) is 15.1. The van der Waals surface area contributed by atoms with Crippen molar-refractivity contribution < 1.29 is 9.53 Å². The van der Waals surface area contributed by atoms with Crippen LogP contribution in [0.5, 0.6) is 5.75 Å². The molecule has 0 spiro atoms. The van der Waals surface area contributed by atoms with Crippen LogP contribution in [0.1, 0.15) is 10.4 Å². The average Bonchev–Trinajstić information content (AvgIpc) is 2.52. The minimum Gasteiger partial charge on any atom is -0.496 e. The Balaban J connectivity index is 1.85. The molecule has 0 unspecified atom stereocenters. The van der Waals surface area contributed by atoms with Gasteiger partial charge in [-0.05, 0) is 24.3 Å². The maximum atomic E-state index is 12.1. The van der Waals surface area contributed by atoms with E-state index in [1.807, 2.05) is 18.2 Å². The molecule has 0 saturated carbocycles. The molecule has 0 saturated heterocycles. The molecule has 21 heavy (non-hydrogen) atoms. The van der Waals surface area contributed by atoms with Crippen LogP contribution in [0, 0.1) is 0 Å². The first-order valence-corrected chi connectivity index (χ1v) is 7.59. The number of hydrogen-bond donors (Lipinski definition) is 2. The van der Waals surface area contributed by atoms with Crippen molar-refractivity contribution in [3.05, 3.63) is 54.1 Å². The summed E-state index contributed by atoms with van der Waals surface area (Å²) >= 11 is 1.70. The summed E-state index contributed by atoms with van der Waals surface area (Å²) in [5, 5.41) is 2.88. The number of carbonyl (C=O) groups excluding carboxylic acids is 1. The summed E-state index contributed by atoms with van der Waals surface area (Å²) in [7, 11) is 1.52. The highest BCUT2D eigenvalue weighted by molar-refractivity contribution is 7.99. The fourth-order valence-corrected chi connectivity index (χ4v) is 2.63. The van der Waals surface area contributed by atoms with E-state index in [9.17, 15) is 4.79 Å². The third kappa shape index (κ3) is 4.43. The largest absolute Gasteiger partial charge is 0.496 e. The van der Waals surface area contributed by atoms with Crippen molar-refractivity contribution in [1.82, 2.24) is 5.32 Å². The maximum Gasteiger partial charge on any atom is 0.255 e. The number of nitrogens with one attached hydrogen (secondary N) is 1. The molecule has 0 atom stereocenters. The molecule has 2 aromatic rings. The van der Waals surface area contributed by atoms with Crippen molar-refractivity contribution in [1.29, 1.82) is 0 Å². The molecule has 0 aliphatic heterocycles. The molecule has 110 valence electrons. The second kappa shape index (κ2) is 7.59. The van der Waals surface area contributed by atoms with Gasteiger partial charge in [0, 0.05) is 28.9 Å². The Morgan fingerprint density at radius 3 is 2.71 bits per heavy atom. The van der Waals surface area contributed by atoms with Crippen LogP contribution in [-0.2, 0) is 0 Å². The first-order valence-electron chi connectivity index (χ1n) is 6.60. The zero-order valence-corrected chi connectivity index (χ0v) is 12.7. The zero-order valence-electron chi connectivity index (χ0n) is 11.8. The number of ether oxygens (including phenoxy) is 1. The van der Waals surface area contributed by atoms with Crippen LogP contribution < -0.4 is 15.8 Å². The van der Waals surface area contributed by atoms with Crippen molar-refractivity contribution in [2.24, 2.45) is 0 Å². The molecule has 1 amide bonds. The molecule has 0 fully saturated rings. The van der Waals surface area contributed by atoms with Crippen LogP contribution in [-0.4, -0.2) is 25.3 Å². The summed E-state index contributed by atoms with van der Waals surface area (Å²) in [4.78, 5) is 13.3. The van der Waals surface area contributed by atoms with Crippen LogP contribution in [0.4, 0.5) is 5.69 Å². The summed E-state index contributed by atoms with van der Waals surface area (Å²) < 4.78 is 5.18. The average molecular weight is 302 g/mol. The van der Waals surface area contributed by atoms with E-state index < -0.39 is 0 Å². The quantitative estimate of drug-likeness (QED) is 0.489. The van der Waals surface area contributed by atoms with E-state index in [4.69, 9.17) is 10.5 Å². The van der Waals surface area contributed by atoms with Gasteiger partial charge in [0.15, 0.2) is 0 Å². The van der Waals surface area contributed by atoms with Crippen molar-refractivity contribution in [3.8, 4) is 5.75 Å². The molecule has 0 aromatic heterocycles. The molecule has 4 nitrogen and oxygen atoms in total. The third-order valence-electron chi connectivity index (χ3n) is 2.87. The second-order valence-electron chi connectivity index (χ2n) is 4.38. The first kappa shape index (κ1) is 15.3. The second-order valence-corrected chi connectivity index (χ2v) is 5.55. The SMILES string of the molecule is COc1cc(N)ccc1C(=O)NCCSc1ccccc1. The van der Waals surface area contributed by atoms with Gasteiger partial charge in [-0.15, -0.1) is 11.8 Å². The topological polar surface area (TPSA) is 64.3 Å². The molecular weight excluding hydrogens is 284 g/mol. The van der Waals surface area contributed by atoms with Crippen LogP contribution in [0.25, 0.3) is 0 Å². The molecule has 5 heteroatoms. The Labute approximate surface area is 128 Å². The van der Waals surface area contributed by atoms with Gasteiger partial charge in [-0.2, -0.15) is 0 Å². The van der Waals surface area contributed by atoms with E-state index in [0.29, 0.717) is 23.5 Å². The highest BCUT2D eigenvalue weighted by Gasteiger charge is 2.11. The van der Waals surface area contributed by atoms with Gasteiger partial charge in [0.2, 0.25) is 0 Å². The molecule has 0 aliphatic rings. The molecule has 2 aromatic carbocycles. The van der Waals surface area contributed by atoms with Gasteiger partial charge in [-0.25, -0.2) is 0 Å². The van der Waals surface area contributed by atoms with Gasteiger partial charge in [0.05, 0.1) is 12.7 Å². The van der Waals surface area contributed by atoms with Crippen LogP contribution in [0.3, 0.4) is 0 Å². The van der Waals surface area contributed by atoms with Gasteiger partial charge in [0.1, 0.15) is 5.75 Å². The fraction of sp³-hybridized carbons (Fsp3) is 0.188. The minimum absolute atomic E-state index is 0.152. The van der Waals surface area contributed by atoms with E-state index in [-0.39, 0.29) is 5.91 Å². The highest BCUT2D eigenvalue weighted by atomic mass is 32.2. The number of anilines is 1. The maximum absolute atomic E-state index is 12.1. The molecule has 0 aliphatic carbocycles. The number of benzene rings is 2. The lowest BCUT2D eigenvalue weighted by Gasteiger charge is -2.10. The number of methoxy groups -OCH3 is 1. The van der Waals surface area contributed by atoms with E-state index in [2.05, 4.69) is 17.4 Å². The summed E-state index contributed by atoms with van der Waals surface area (Å²) in [5.41, 5.74) is 6.74. The fourth-order valence-electron chi connectivity index (χ4n) is 1.84. The zero-order chi connectivity index (χ0) is 15.1. The lowest BCUT2D eigenvalue weighted by atomic mass is 10.1. The van der Waals surface area contributed by atoms with Gasteiger partial charge in [0.25, 0.3) is 5.91 Å². The number of hydrogen-bond acceptors (Lipinski definition) is 4. The molecule has 3 N–H and O–H groups in total. The highest BCUT2D eigenvalue weighted by Crippen LogP contribution is 2.21. The van der Waals surface area contributed by atoms with Crippen LogP contribution in [0.2, 0.25) is 0 Å². The van der Waals surface area contributed by atoms with E-state index in [1.165, 1.54) is 12.0 Å². The smallest absolute Gasteiger partial charge is 0.255 e. The normalized spacial score (nSPS) is 10.1. The number of amides is 1. The minimum atomic E-state index is -0.152. The third-order valence-corrected chi connectivity index (χ3v) is 3.88. The van der Waals surface area contributed by atoms with E-state index in [0.717, 1.165) is 5.75 Å². The van der Waals surface area contributed by atoms with Gasteiger partial charge in [-0.3, -0.25) is 4.79 Å². The van der Waals surface area contributed by atoms with Gasteiger partial charge in [-0.1, -0.05) is 18.2 Å². The summed E-state index contributed by atoms with van der Waals surface area (Å²) in [6.07, 6.45) is 0. The van der Waals surface area contributed by atoms with Crippen LogP contribution in [0.15, 0.2) is 53.4 Å². The number of nitrogens with two attached hydrogens (primary N) is 1. The summed E-state index contributed by atoms with van der Waals surface area (Å²) in [6.45, 7) is 0.589. The Bertz CT molecular complexity index is 602.